The van der Waals surface area contributed by atoms with Crippen LogP contribution in [0.15, 0.2) is 18.2 Å². The molecule has 2 amide bonds. The molecule has 1 aromatic heterocycles. The first-order valence-electron chi connectivity index (χ1n) is 7.73. The Bertz CT molecular complexity index is 717. The van der Waals surface area contributed by atoms with Crippen LogP contribution in [0.2, 0.25) is 0 Å². The van der Waals surface area contributed by atoms with Gasteiger partial charge in [-0.1, -0.05) is 13.0 Å². The van der Waals surface area contributed by atoms with Crippen molar-refractivity contribution in [3.05, 3.63) is 18.2 Å². The first kappa shape index (κ1) is 15.8. The van der Waals surface area contributed by atoms with Gasteiger partial charge in [-0.2, -0.15) is 8.75 Å². The topological polar surface area (TPSA) is 87.2 Å². The van der Waals surface area contributed by atoms with E-state index in [1.807, 2.05) is 6.07 Å². The molecule has 0 radical (unpaired) electrons. The summed E-state index contributed by atoms with van der Waals surface area (Å²) in [5, 5.41) is 5.34. The highest BCUT2D eigenvalue weighted by Crippen LogP contribution is 2.21. The van der Waals surface area contributed by atoms with Crippen LogP contribution in [-0.2, 0) is 9.59 Å². The van der Waals surface area contributed by atoms with Gasteiger partial charge in [-0.15, -0.1) is 0 Å². The Morgan fingerprint density at radius 2 is 2.22 bits per heavy atom. The van der Waals surface area contributed by atoms with Crippen LogP contribution in [0.1, 0.15) is 19.8 Å². The van der Waals surface area contributed by atoms with E-state index in [2.05, 4.69) is 31.2 Å². The van der Waals surface area contributed by atoms with E-state index >= 15 is 0 Å². The number of likely N-dealkylation sites (tertiary alicyclic amines) is 1. The molecule has 2 N–H and O–H groups in total. The Morgan fingerprint density at radius 3 is 3.04 bits per heavy atom. The number of anilines is 1. The lowest BCUT2D eigenvalue weighted by molar-refractivity contribution is -0.136. The average molecular weight is 333 g/mol. The molecule has 1 saturated heterocycles. The summed E-state index contributed by atoms with van der Waals surface area (Å²) in [6.07, 6.45) is 2.19. The van der Waals surface area contributed by atoms with Crippen molar-refractivity contribution in [2.45, 2.75) is 25.8 Å². The molecule has 8 heteroatoms. The SMILES string of the molecule is CCN1CCC[C@@H]1CNC(=O)C(=O)Nc1cccc2nsnc12. The molecule has 1 aliphatic heterocycles. The van der Waals surface area contributed by atoms with Gasteiger partial charge in [-0.05, 0) is 38.1 Å². The van der Waals surface area contributed by atoms with E-state index in [0.717, 1.165) is 37.7 Å². The lowest BCUT2D eigenvalue weighted by Crippen LogP contribution is -2.43. The Hall–Kier alpha value is -2.06. The minimum absolute atomic E-state index is 0.322. The van der Waals surface area contributed by atoms with Crippen LogP contribution in [0, 0.1) is 0 Å². The molecule has 0 bridgehead atoms. The van der Waals surface area contributed by atoms with Gasteiger partial charge < -0.3 is 10.6 Å². The molecular weight excluding hydrogens is 314 g/mol. The second-order valence-corrected chi connectivity index (χ2v) is 6.05. The fraction of sp³-hybridized carbons (Fsp3) is 0.467. The van der Waals surface area contributed by atoms with E-state index in [-0.39, 0.29) is 0 Å². The van der Waals surface area contributed by atoms with Crippen molar-refractivity contribution in [1.29, 1.82) is 0 Å². The molecule has 7 nitrogen and oxygen atoms in total. The summed E-state index contributed by atoms with van der Waals surface area (Å²) in [7, 11) is 0. The second kappa shape index (κ2) is 7.01. The highest BCUT2D eigenvalue weighted by atomic mass is 32.1. The van der Waals surface area contributed by atoms with Crippen molar-refractivity contribution in [2.24, 2.45) is 0 Å². The van der Waals surface area contributed by atoms with Crippen LogP contribution in [0.25, 0.3) is 11.0 Å². The van der Waals surface area contributed by atoms with E-state index in [0.29, 0.717) is 29.3 Å². The third kappa shape index (κ3) is 3.48. The van der Waals surface area contributed by atoms with Gasteiger partial charge in [0.2, 0.25) is 0 Å². The largest absolute Gasteiger partial charge is 0.346 e. The normalized spacial score (nSPS) is 18.2. The van der Waals surface area contributed by atoms with Gasteiger partial charge in [0.25, 0.3) is 0 Å². The number of carbonyl (C=O) groups excluding carboxylic acids is 2. The summed E-state index contributed by atoms with van der Waals surface area (Å²) in [6.45, 7) is 4.63. The number of nitrogens with one attached hydrogen (secondary N) is 2. The Kier molecular flexibility index (Phi) is 4.82. The van der Waals surface area contributed by atoms with E-state index in [9.17, 15) is 9.59 Å². The number of carbonyl (C=O) groups is 2. The molecule has 23 heavy (non-hydrogen) atoms. The summed E-state index contributed by atoms with van der Waals surface area (Å²) in [5.74, 6) is -1.29. The van der Waals surface area contributed by atoms with Crippen LogP contribution in [-0.4, -0.2) is 51.1 Å². The predicted molar refractivity (Wildman–Crippen MR) is 89.3 cm³/mol. The van der Waals surface area contributed by atoms with Gasteiger partial charge >= 0.3 is 11.8 Å². The number of benzene rings is 1. The van der Waals surface area contributed by atoms with E-state index in [1.54, 1.807) is 12.1 Å². The number of likely N-dealkylation sites (N-methyl/N-ethyl adjacent to an activating group) is 1. The molecule has 2 heterocycles. The molecule has 1 aliphatic rings. The number of aromatic nitrogens is 2. The first-order valence-corrected chi connectivity index (χ1v) is 8.46. The van der Waals surface area contributed by atoms with Gasteiger partial charge in [-0.25, -0.2) is 0 Å². The minimum atomic E-state index is -0.674. The van der Waals surface area contributed by atoms with E-state index < -0.39 is 11.8 Å². The molecule has 0 spiro atoms. The number of rotatable bonds is 4. The number of nitrogens with zero attached hydrogens (tertiary/aromatic N) is 3. The van der Waals surface area contributed by atoms with Crippen molar-refractivity contribution in [2.75, 3.05) is 25.0 Å². The molecule has 0 saturated carbocycles. The highest BCUT2D eigenvalue weighted by molar-refractivity contribution is 7.00. The van der Waals surface area contributed by atoms with Crippen LogP contribution in [0.5, 0.6) is 0 Å². The zero-order chi connectivity index (χ0) is 16.2. The molecule has 0 unspecified atom stereocenters. The standard InChI is InChI=1S/C15H19N5O2S/c1-2-20-8-4-5-10(20)9-16-14(21)15(22)17-11-6-3-7-12-13(11)19-23-18-12/h3,6-7,10H,2,4-5,8-9H2,1H3,(H,16,21)(H,17,22)/t10-/m1/s1. The van der Waals surface area contributed by atoms with Gasteiger partial charge in [0.1, 0.15) is 11.0 Å². The average Bonchev–Trinajstić information content (AvgIpc) is 3.21. The number of fused-ring (bicyclic) bond motifs is 1. The van der Waals surface area contributed by atoms with E-state index in [1.165, 1.54) is 0 Å². The third-order valence-electron chi connectivity index (χ3n) is 4.14. The monoisotopic (exact) mass is 333 g/mol. The smallest absolute Gasteiger partial charge is 0.313 e. The predicted octanol–water partition coefficient (Wildman–Crippen LogP) is 1.23. The Morgan fingerprint density at radius 1 is 1.35 bits per heavy atom. The Labute approximate surface area is 138 Å². The van der Waals surface area contributed by atoms with Crippen LogP contribution < -0.4 is 10.6 Å². The van der Waals surface area contributed by atoms with Gasteiger partial charge in [0.15, 0.2) is 0 Å². The van der Waals surface area contributed by atoms with Crippen LogP contribution >= 0.6 is 11.7 Å². The molecule has 1 aromatic carbocycles. The zero-order valence-electron chi connectivity index (χ0n) is 12.9. The summed E-state index contributed by atoms with van der Waals surface area (Å²) < 4.78 is 8.25. The molecular formula is C15H19N5O2S. The summed E-state index contributed by atoms with van der Waals surface area (Å²) >= 11 is 1.07. The van der Waals surface area contributed by atoms with Crippen molar-refractivity contribution in [3.63, 3.8) is 0 Å². The molecule has 2 aromatic rings. The van der Waals surface area contributed by atoms with Crippen molar-refractivity contribution in [1.82, 2.24) is 19.0 Å². The maximum Gasteiger partial charge on any atom is 0.313 e. The molecule has 0 aliphatic carbocycles. The number of amides is 2. The number of hydrogen-bond donors (Lipinski definition) is 2. The first-order chi connectivity index (χ1) is 11.2. The highest BCUT2D eigenvalue weighted by Gasteiger charge is 2.24. The maximum atomic E-state index is 12.1. The van der Waals surface area contributed by atoms with Crippen LogP contribution in [0.4, 0.5) is 5.69 Å². The molecule has 3 rings (SSSR count). The third-order valence-corrected chi connectivity index (χ3v) is 4.69. The molecule has 122 valence electrons. The van der Waals surface area contributed by atoms with Crippen molar-refractivity contribution < 1.29 is 9.59 Å². The van der Waals surface area contributed by atoms with Crippen LogP contribution in [0.3, 0.4) is 0 Å². The molecule has 1 atom stereocenters. The van der Waals surface area contributed by atoms with Gasteiger partial charge in [0, 0.05) is 12.6 Å². The fourth-order valence-electron chi connectivity index (χ4n) is 2.92. The Balaban J connectivity index is 1.57. The number of hydrogen-bond acceptors (Lipinski definition) is 6. The van der Waals surface area contributed by atoms with Crippen molar-refractivity contribution in [3.8, 4) is 0 Å². The lowest BCUT2D eigenvalue weighted by atomic mass is 10.2. The summed E-state index contributed by atoms with van der Waals surface area (Å²) in [6, 6.07) is 5.62. The van der Waals surface area contributed by atoms with Gasteiger partial charge in [-0.3, -0.25) is 14.5 Å². The van der Waals surface area contributed by atoms with Crippen molar-refractivity contribution >= 4 is 40.3 Å². The molecule has 1 fully saturated rings. The summed E-state index contributed by atoms with van der Waals surface area (Å²) in [5.41, 5.74) is 1.82. The lowest BCUT2D eigenvalue weighted by Gasteiger charge is -2.22. The summed E-state index contributed by atoms with van der Waals surface area (Å²) in [4.78, 5) is 26.4. The van der Waals surface area contributed by atoms with E-state index in [4.69, 9.17) is 0 Å². The second-order valence-electron chi connectivity index (χ2n) is 5.53. The van der Waals surface area contributed by atoms with Gasteiger partial charge in [0.05, 0.1) is 17.4 Å². The zero-order valence-corrected chi connectivity index (χ0v) is 13.7. The quantitative estimate of drug-likeness (QED) is 0.822. The maximum absolute atomic E-state index is 12.1. The minimum Gasteiger partial charge on any atom is -0.346 e. The fourth-order valence-corrected chi connectivity index (χ4v) is 3.47.